The SMILES string of the molecule is CCOC(=O)C1CCCN(C(=O)C(C)c2ccc(Br)cc2)C1. The predicted molar refractivity (Wildman–Crippen MR) is 88.5 cm³/mol. The third kappa shape index (κ3) is 4.09. The molecule has 1 aliphatic rings. The molecule has 2 unspecified atom stereocenters. The number of benzene rings is 1. The molecular weight excluding hydrogens is 346 g/mol. The average Bonchev–Trinajstić information content (AvgIpc) is 2.54. The summed E-state index contributed by atoms with van der Waals surface area (Å²) in [7, 11) is 0. The van der Waals surface area contributed by atoms with Gasteiger partial charge in [0.25, 0.3) is 0 Å². The monoisotopic (exact) mass is 367 g/mol. The van der Waals surface area contributed by atoms with Crippen LogP contribution < -0.4 is 0 Å². The molecule has 0 radical (unpaired) electrons. The van der Waals surface area contributed by atoms with Gasteiger partial charge in [-0.2, -0.15) is 0 Å². The molecule has 1 amide bonds. The molecule has 1 saturated heterocycles. The van der Waals surface area contributed by atoms with Gasteiger partial charge in [-0.3, -0.25) is 9.59 Å². The van der Waals surface area contributed by atoms with E-state index in [9.17, 15) is 9.59 Å². The lowest BCUT2D eigenvalue weighted by molar-refractivity contribution is -0.151. The van der Waals surface area contributed by atoms with Gasteiger partial charge >= 0.3 is 5.97 Å². The van der Waals surface area contributed by atoms with Crippen molar-refractivity contribution in [3.8, 4) is 0 Å². The van der Waals surface area contributed by atoms with Crippen LogP contribution in [0.25, 0.3) is 0 Å². The maximum absolute atomic E-state index is 12.7. The highest BCUT2D eigenvalue weighted by Crippen LogP contribution is 2.24. The van der Waals surface area contributed by atoms with E-state index in [0.717, 1.165) is 29.4 Å². The molecule has 4 nitrogen and oxygen atoms in total. The fourth-order valence-corrected chi connectivity index (χ4v) is 3.06. The Bertz CT molecular complexity index is 529. The van der Waals surface area contributed by atoms with E-state index >= 15 is 0 Å². The Morgan fingerprint density at radius 1 is 1.36 bits per heavy atom. The second-order valence-corrected chi connectivity index (χ2v) is 6.56. The van der Waals surface area contributed by atoms with Crippen molar-refractivity contribution in [2.75, 3.05) is 19.7 Å². The van der Waals surface area contributed by atoms with Crippen molar-refractivity contribution >= 4 is 27.8 Å². The van der Waals surface area contributed by atoms with Crippen LogP contribution in [0.3, 0.4) is 0 Å². The summed E-state index contributed by atoms with van der Waals surface area (Å²) in [5.41, 5.74) is 0.992. The van der Waals surface area contributed by atoms with Gasteiger partial charge in [-0.15, -0.1) is 0 Å². The fourth-order valence-electron chi connectivity index (χ4n) is 2.80. The number of esters is 1. The van der Waals surface area contributed by atoms with Crippen molar-refractivity contribution in [1.29, 1.82) is 0 Å². The van der Waals surface area contributed by atoms with Crippen molar-refractivity contribution in [2.24, 2.45) is 5.92 Å². The highest BCUT2D eigenvalue weighted by atomic mass is 79.9. The molecule has 0 bridgehead atoms. The van der Waals surface area contributed by atoms with Crippen molar-refractivity contribution in [3.63, 3.8) is 0 Å². The maximum atomic E-state index is 12.7. The van der Waals surface area contributed by atoms with E-state index in [1.165, 1.54) is 0 Å². The second kappa shape index (κ2) is 7.77. The lowest BCUT2D eigenvalue weighted by Crippen LogP contribution is -2.44. The van der Waals surface area contributed by atoms with Gasteiger partial charge in [-0.1, -0.05) is 28.1 Å². The van der Waals surface area contributed by atoms with Gasteiger partial charge in [0.2, 0.25) is 5.91 Å². The third-order valence-corrected chi connectivity index (χ3v) is 4.62. The summed E-state index contributed by atoms with van der Waals surface area (Å²) in [6, 6.07) is 7.80. The van der Waals surface area contributed by atoms with Crippen molar-refractivity contribution in [1.82, 2.24) is 4.90 Å². The number of nitrogens with zero attached hydrogens (tertiary/aromatic N) is 1. The summed E-state index contributed by atoms with van der Waals surface area (Å²) in [6.45, 7) is 5.30. The van der Waals surface area contributed by atoms with E-state index in [4.69, 9.17) is 4.74 Å². The number of piperidine rings is 1. The quantitative estimate of drug-likeness (QED) is 0.766. The van der Waals surface area contributed by atoms with E-state index in [1.54, 1.807) is 11.8 Å². The normalized spacial score (nSPS) is 19.6. The highest BCUT2D eigenvalue weighted by molar-refractivity contribution is 9.10. The van der Waals surface area contributed by atoms with Crippen LogP contribution in [0, 0.1) is 5.92 Å². The molecule has 22 heavy (non-hydrogen) atoms. The summed E-state index contributed by atoms with van der Waals surface area (Å²) in [4.78, 5) is 26.4. The molecule has 0 saturated carbocycles. The average molecular weight is 368 g/mol. The van der Waals surface area contributed by atoms with Gasteiger partial charge in [-0.25, -0.2) is 0 Å². The molecule has 1 heterocycles. The predicted octanol–water partition coefficient (Wildman–Crippen LogP) is 3.35. The zero-order valence-corrected chi connectivity index (χ0v) is 14.6. The standard InChI is InChI=1S/C17H22BrNO3/c1-3-22-17(21)14-5-4-10-19(11-14)16(20)12(2)13-6-8-15(18)9-7-13/h6-9,12,14H,3-5,10-11H2,1-2H3. The lowest BCUT2D eigenvalue weighted by atomic mass is 9.94. The number of halogens is 1. The lowest BCUT2D eigenvalue weighted by Gasteiger charge is -2.33. The molecule has 1 aromatic carbocycles. The van der Waals surface area contributed by atoms with E-state index in [0.29, 0.717) is 13.2 Å². The molecule has 120 valence electrons. The first-order valence-electron chi connectivity index (χ1n) is 7.73. The highest BCUT2D eigenvalue weighted by Gasteiger charge is 2.31. The zero-order valence-electron chi connectivity index (χ0n) is 13.0. The number of hydrogen-bond acceptors (Lipinski definition) is 3. The van der Waals surface area contributed by atoms with Gasteiger partial charge < -0.3 is 9.64 Å². The number of carbonyl (C=O) groups excluding carboxylic acids is 2. The Kier molecular flexibility index (Phi) is 6.00. The number of amides is 1. The van der Waals surface area contributed by atoms with Gasteiger partial charge in [0, 0.05) is 17.6 Å². The molecule has 0 spiro atoms. The molecule has 1 aliphatic heterocycles. The van der Waals surface area contributed by atoms with Crippen LogP contribution >= 0.6 is 15.9 Å². The fraction of sp³-hybridized carbons (Fsp3) is 0.529. The Labute approximate surface area is 140 Å². The Hall–Kier alpha value is -1.36. The summed E-state index contributed by atoms with van der Waals surface area (Å²) >= 11 is 3.40. The Morgan fingerprint density at radius 3 is 2.68 bits per heavy atom. The summed E-state index contributed by atoms with van der Waals surface area (Å²) in [5, 5.41) is 0. The molecule has 0 aliphatic carbocycles. The number of rotatable bonds is 4. The second-order valence-electron chi connectivity index (χ2n) is 5.65. The summed E-state index contributed by atoms with van der Waals surface area (Å²) in [6.07, 6.45) is 1.65. The van der Waals surface area contributed by atoms with Gasteiger partial charge in [0.05, 0.1) is 18.4 Å². The van der Waals surface area contributed by atoms with Crippen molar-refractivity contribution < 1.29 is 14.3 Å². The number of carbonyl (C=O) groups is 2. The van der Waals surface area contributed by atoms with Crippen LogP contribution in [0.4, 0.5) is 0 Å². The first kappa shape index (κ1) is 17.0. The van der Waals surface area contributed by atoms with E-state index < -0.39 is 0 Å². The molecule has 1 aromatic rings. The Morgan fingerprint density at radius 2 is 2.05 bits per heavy atom. The van der Waals surface area contributed by atoms with E-state index in [1.807, 2.05) is 31.2 Å². The molecule has 2 rings (SSSR count). The van der Waals surface area contributed by atoms with Crippen LogP contribution in [-0.2, 0) is 14.3 Å². The molecule has 1 fully saturated rings. The minimum atomic E-state index is -0.200. The molecular formula is C17H22BrNO3. The number of ether oxygens (including phenoxy) is 1. The molecule has 5 heteroatoms. The number of likely N-dealkylation sites (tertiary alicyclic amines) is 1. The van der Waals surface area contributed by atoms with Crippen LogP contribution in [-0.4, -0.2) is 36.5 Å². The minimum Gasteiger partial charge on any atom is -0.466 e. The summed E-state index contributed by atoms with van der Waals surface area (Å²) in [5.74, 6) is -0.489. The van der Waals surface area contributed by atoms with E-state index in [-0.39, 0.29) is 23.7 Å². The maximum Gasteiger partial charge on any atom is 0.310 e. The number of hydrogen-bond donors (Lipinski definition) is 0. The third-order valence-electron chi connectivity index (χ3n) is 4.09. The van der Waals surface area contributed by atoms with Crippen LogP contribution in [0.5, 0.6) is 0 Å². The van der Waals surface area contributed by atoms with Crippen LogP contribution in [0.2, 0.25) is 0 Å². The Balaban J connectivity index is 2.02. The first-order valence-corrected chi connectivity index (χ1v) is 8.53. The largest absolute Gasteiger partial charge is 0.466 e. The topological polar surface area (TPSA) is 46.6 Å². The first-order chi connectivity index (χ1) is 10.5. The van der Waals surface area contributed by atoms with Gasteiger partial charge in [0.15, 0.2) is 0 Å². The molecule has 2 atom stereocenters. The van der Waals surface area contributed by atoms with Crippen LogP contribution in [0.15, 0.2) is 28.7 Å². The van der Waals surface area contributed by atoms with E-state index in [2.05, 4.69) is 15.9 Å². The van der Waals surface area contributed by atoms with Crippen molar-refractivity contribution in [3.05, 3.63) is 34.3 Å². The van der Waals surface area contributed by atoms with Crippen molar-refractivity contribution in [2.45, 2.75) is 32.6 Å². The molecule has 0 aromatic heterocycles. The summed E-state index contributed by atoms with van der Waals surface area (Å²) < 4.78 is 6.08. The van der Waals surface area contributed by atoms with Gasteiger partial charge in [-0.05, 0) is 44.4 Å². The van der Waals surface area contributed by atoms with Crippen LogP contribution in [0.1, 0.15) is 38.2 Å². The smallest absolute Gasteiger partial charge is 0.310 e. The van der Waals surface area contributed by atoms with Gasteiger partial charge in [0.1, 0.15) is 0 Å². The zero-order chi connectivity index (χ0) is 16.1. The minimum absolute atomic E-state index is 0.0799. The molecule has 0 N–H and O–H groups in total.